The lowest BCUT2D eigenvalue weighted by Crippen LogP contribution is -2.44. The number of nitrogens with zero attached hydrogens (tertiary/aromatic N) is 1. The van der Waals surface area contributed by atoms with Crippen LogP contribution in [0.5, 0.6) is 5.75 Å². The molecule has 0 unspecified atom stereocenters. The van der Waals surface area contributed by atoms with Crippen LogP contribution >= 0.6 is 0 Å². The van der Waals surface area contributed by atoms with Gasteiger partial charge in [0.1, 0.15) is 5.75 Å². The number of hydrogen-bond acceptors (Lipinski definition) is 3. The average Bonchev–Trinajstić information content (AvgIpc) is 3.17. The fraction of sp³-hybridized carbons (Fsp3) is 0.286. The number of rotatable bonds is 4. The number of anilines is 1. The minimum atomic E-state index is -0.00575. The van der Waals surface area contributed by atoms with Crippen LogP contribution in [0.4, 0.5) is 5.69 Å². The molecule has 5 nitrogen and oxygen atoms in total. The summed E-state index contributed by atoms with van der Waals surface area (Å²) in [6.07, 6.45) is 3.71. The highest BCUT2D eigenvalue weighted by Gasteiger charge is 2.23. The van der Waals surface area contributed by atoms with Gasteiger partial charge in [-0.05, 0) is 37.1 Å². The van der Waals surface area contributed by atoms with E-state index >= 15 is 0 Å². The summed E-state index contributed by atoms with van der Waals surface area (Å²) < 4.78 is 5.47. The number of aromatic amines is 1. The minimum Gasteiger partial charge on any atom is -0.495 e. The molecule has 4 rings (SSSR count). The lowest BCUT2D eigenvalue weighted by molar-refractivity contribution is 0.0932. The van der Waals surface area contributed by atoms with Crippen LogP contribution in [-0.2, 0) is 0 Å². The number of fused-ring (bicyclic) bond motifs is 1. The Morgan fingerprint density at radius 2 is 1.92 bits per heavy atom. The SMILES string of the molecule is COc1ccccc1N1CCC(NC(=O)c2cccc3cc[nH]c23)CC1. The molecule has 0 radical (unpaired) electrons. The summed E-state index contributed by atoms with van der Waals surface area (Å²) in [5, 5.41) is 4.26. The molecule has 26 heavy (non-hydrogen) atoms. The monoisotopic (exact) mass is 349 g/mol. The summed E-state index contributed by atoms with van der Waals surface area (Å²) in [4.78, 5) is 18.2. The zero-order valence-electron chi connectivity index (χ0n) is 14.9. The summed E-state index contributed by atoms with van der Waals surface area (Å²) in [6, 6.07) is 16.1. The van der Waals surface area contributed by atoms with Crippen molar-refractivity contribution in [3.63, 3.8) is 0 Å². The molecule has 5 heteroatoms. The van der Waals surface area contributed by atoms with Gasteiger partial charge < -0.3 is 19.9 Å². The van der Waals surface area contributed by atoms with Crippen LogP contribution in [0.1, 0.15) is 23.2 Å². The van der Waals surface area contributed by atoms with Crippen molar-refractivity contribution in [1.82, 2.24) is 10.3 Å². The summed E-state index contributed by atoms with van der Waals surface area (Å²) in [5.41, 5.74) is 2.73. The van der Waals surface area contributed by atoms with Crippen molar-refractivity contribution in [3.8, 4) is 5.75 Å². The number of carbonyl (C=O) groups excluding carboxylic acids is 1. The van der Waals surface area contributed by atoms with E-state index in [0.29, 0.717) is 5.56 Å². The molecule has 1 aliphatic heterocycles. The second kappa shape index (κ2) is 7.12. The molecule has 1 aliphatic rings. The van der Waals surface area contributed by atoms with Crippen LogP contribution in [0.15, 0.2) is 54.7 Å². The smallest absolute Gasteiger partial charge is 0.253 e. The Morgan fingerprint density at radius 3 is 2.73 bits per heavy atom. The number of carbonyl (C=O) groups is 1. The lowest BCUT2D eigenvalue weighted by atomic mass is 10.0. The highest BCUT2D eigenvalue weighted by atomic mass is 16.5. The highest BCUT2D eigenvalue weighted by molar-refractivity contribution is 6.05. The van der Waals surface area contributed by atoms with Gasteiger partial charge in [-0.2, -0.15) is 0 Å². The lowest BCUT2D eigenvalue weighted by Gasteiger charge is -2.34. The normalized spacial score (nSPS) is 15.2. The van der Waals surface area contributed by atoms with Gasteiger partial charge in [0.2, 0.25) is 0 Å². The Kier molecular flexibility index (Phi) is 4.52. The first kappa shape index (κ1) is 16.5. The number of methoxy groups -OCH3 is 1. The fourth-order valence-corrected chi connectivity index (χ4v) is 3.69. The van der Waals surface area contributed by atoms with Crippen LogP contribution in [-0.4, -0.2) is 37.1 Å². The summed E-state index contributed by atoms with van der Waals surface area (Å²) >= 11 is 0. The maximum atomic E-state index is 12.7. The molecule has 134 valence electrons. The molecule has 2 heterocycles. The number of amides is 1. The van der Waals surface area contributed by atoms with Crippen LogP contribution in [0, 0.1) is 0 Å². The van der Waals surface area contributed by atoms with Crippen molar-refractivity contribution in [3.05, 3.63) is 60.3 Å². The first-order valence-electron chi connectivity index (χ1n) is 9.01. The van der Waals surface area contributed by atoms with Gasteiger partial charge in [-0.25, -0.2) is 0 Å². The van der Waals surface area contributed by atoms with E-state index in [1.54, 1.807) is 7.11 Å². The van der Waals surface area contributed by atoms with Gasteiger partial charge in [-0.15, -0.1) is 0 Å². The Hall–Kier alpha value is -2.95. The first-order valence-corrected chi connectivity index (χ1v) is 9.01. The molecule has 0 atom stereocenters. The second-order valence-electron chi connectivity index (χ2n) is 6.65. The molecule has 0 spiro atoms. The molecule has 0 saturated carbocycles. The molecular weight excluding hydrogens is 326 g/mol. The van der Waals surface area contributed by atoms with Gasteiger partial charge >= 0.3 is 0 Å². The topological polar surface area (TPSA) is 57.4 Å². The third kappa shape index (κ3) is 3.12. The maximum absolute atomic E-state index is 12.7. The molecule has 0 bridgehead atoms. The molecule has 1 saturated heterocycles. The first-order chi connectivity index (χ1) is 12.8. The van der Waals surface area contributed by atoms with E-state index in [1.807, 2.05) is 48.7 Å². The third-order valence-electron chi connectivity index (χ3n) is 5.09. The molecule has 2 aromatic carbocycles. The summed E-state index contributed by atoms with van der Waals surface area (Å²) in [7, 11) is 1.70. The largest absolute Gasteiger partial charge is 0.495 e. The zero-order valence-corrected chi connectivity index (χ0v) is 14.9. The fourth-order valence-electron chi connectivity index (χ4n) is 3.69. The molecular formula is C21H23N3O2. The number of aromatic nitrogens is 1. The molecule has 1 amide bonds. The van der Waals surface area contributed by atoms with E-state index in [4.69, 9.17) is 4.74 Å². The predicted octanol–water partition coefficient (Wildman–Crippen LogP) is 3.58. The van der Waals surface area contributed by atoms with Crippen molar-refractivity contribution in [1.29, 1.82) is 0 Å². The number of nitrogens with one attached hydrogen (secondary N) is 2. The van der Waals surface area contributed by atoms with E-state index in [-0.39, 0.29) is 11.9 Å². The Bertz CT molecular complexity index is 910. The Balaban J connectivity index is 1.41. The molecule has 3 aromatic rings. The van der Waals surface area contributed by atoms with Gasteiger partial charge in [0, 0.05) is 30.7 Å². The van der Waals surface area contributed by atoms with Crippen LogP contribution in [0.3, 0.4) is 0 Å². The van der Waals surface area contributed by atoms with Gasteiger partial charge in [-0.1, -0.05) is 24.3 Å². The zero-order chi connectivity index (χ0) is 17.9. The maximum Gasteiger partial charge on any atom is 0.253 e. The highest BCUT2D eigenvalue weighted by Crippen LogP contribution is 2.30. The predicted molar refractivity (Wildman–Crippen MR) is 104 cm³/mol. The van der Waals surface area contributed by atoms with E-state index in [1.165, 1.54) is 0 Å². The molecule has 2 N–H and O–H groups in total. The standard InChI is InChI=1S/C21H23N3O2/c1-26-19-8-3-2-7-18(19)24-13-10-16(11-14-24)23-21(25)17-6-4-5-15-9-12-22-20(15)17/h2-9,12,16,22H,10-11,13-14H2,1H3,(H,23,25). The minimum absolute atomic E-state index is 0.00575. The van der Waals surface area contributed by atoms with Crippen molar-refractivity contribution < 1.29 is 9.53 Å². The molecule has 1 aromatic heterocycles. The quantitative estimate of drug-likeness (QED) is 0.757. The number of H-pyrrole nitrogens is 1. The van der Waals surface area contributed by atoms with Crippen LogP contribution < -0.4 is 15.0 Å². The van der Waals surface area contributed by atoms with Crippen LogP contribution in [0.25, 0.3) is 10.9 Å². The van der Waals surface area contributed by atoms with Gasteiger partial charge in [0.15, 0.2) is 0 Å². The van der Waals surface area contributed by atoms with E-state index in [2.05, 4.69) is 21.3 Å². The second-order valence-corrected chi connectivity index (χ2v) is 6.65. The Morgan fingerprint density at radius 1 is 1.12 bits per heavy atom. The van der Waals surface area contributed by atoms with Gasteiger partial charge in [0.05, 0.1) is 23.9 Å². The average molecular weight is 349 g/mol. The number of ether oxygens (including phenoxy) is 1. The summed E-state index contributed by atoms with van der Waals surface area (Å²) in [6.45, 7) is 1.80. The number of hydrogen-bond donors (Lipinski definition) is 2. The number of benzene rings is 2. The van der Waals surface area contributed by atoms with E-state index in [0.717, 1.165) is 48.3 Å². The van der Waals surface area contributed by atoms with Crippen molar-refractivity contribution in [2.45, 2.75) is 18.9 Å². The van der Waals surface area contributed by atoms with Crippen molar-refractivity contribution >= 4 is 22.5 Å². The van der Waals surface area contributed by atoms with Crippen LogP contribution in [0.2, 0.25) is 0 Å². The number of piperidine rings is 1. The number of para-hydroxylation sites is 3. The molecule has 1 fully saturated rings. The van der Waals surface area contributed by atoms with E-state index < -0.39 is 0 Å². The Labute approximate surface area is 153 Å². The third-order valence-corrected chi connectivity index (χ3v) is 5.09. The van der Waals surface area contributed by atoms with Gasteiger partial charge in [0.25, 0.3) is 5.91 Å². The van der Waals surface area contributed by atoms with E-state index in [9.17, 15) is 4.79 Å². The summed E-state index contributed by atoms with van der Waals surface area (Å²) in [5.74, 6) is 0.891. The van der Waals surface area contributed by atoms with Crippen molar-refractivity contribution in [2.75, 3.05) is 25.1 Å². The van der Waals surface area contributed by atoms with Gasteiger partial charge in [-0.3, -0.25) is 4.79 Å². The molecule has 0 aliphatic carbocycles. The van der Waals surface area contributed by atoms with Crippen molar-refractivity contribution in [2.24, 2.45) is 0 Å².